The molecule has 0 bridgehead atoms. The summed E-state index contributed by atoms with van der Waals surface area (Å²) in [6.07, 6.45) is 4.61. The van der Waals surface area contributed by atoms with E-state index < -0.39 is 5.97 Å². The normalized spacial score (nSPS) is 22.4. The second-order valence-corrected chi connectivity index (χ2v) is 9.14. The molecule has 2 N–H and O–H groups in total. The molecule has 8 heteroatoms. The number of H-pyrrole nitrogens is 1. The predicted octanol–water partition coefficient (Wildman–Crippen LogP) is 3.77. The van der Waals surface area contributed by atoms with Crippen LogP contribution in [0.4, 0.5) is 0 Å². The van der Waals surface area contributed by atoms with Gasteiger partial charge in [-0.1, -0.05) is 6.07 Å². The van der Waals surface area contributed by atoms with Gasteiger partial charge in [0.15, 0.2) is 11.5 Å². The van der Waals surface area contributed by atoms with Gasteiger partial charge in [0.2, 0.25) is 6.79 Å². The summed E-state index contributed by atoms with van der Waals surface area (Å²) in [7, 11) is 0. The van der Waals surface area contributed by atoms with E-state index in [4.69, 9.17) is 19.6 Å². The maximum Gasteiger partial charge on any atom is 0.306 e. The number of carboxylic acid groups (broad SMARTS) is 1. The van der Waals surface area contributed by atoms with Gasteiger partial charge in [-0.15, -0.1) is 0 Å². The fourth-order valence-corrected chi connectivity index (χ4v) is 5.01. The van der Waals surface area contributed by atoms with E-state index in [1.54, 1.807) is 6.20 Å². The van der Waals surface area contributed by atoms with E-state index in [2.05, 4.69) is 14.9 Å². The molecule has 0 radical (unpaired) electrons. The van der Waals surface area contributed by atoms with Crippen molar-refractivity contribution in [2.75, 3.05) is 26.4 Å². The van der Waals surface area contributed by atoms with Gasteiger partial charge in [-0.3, -0.25) is 9.78 Å². The number of benzene rings is 1. The highest BCUT2D eigenvalue weighted by Gasteiger charge is 2.44. The van der Waals surface area contributed by atoms with Crippen molar-refractivity contribution in [2.24, 2.45) is 11.8 Å². The molecule has 6 rings (SSSR count). The van der Waals surface area contributed by atoms with Crippen LogP contribution in [0.25, 0.3) is 22.6 Å². The van der Waals surface area contributed by atoms with Crippen molar-refractivity contribution >= 4 is 5.97 Å². The maximum absolute atomic E-state index is 11.1. The molecule has 2 atom stereocenters. The number of pyridine rings is 1. The largest absolute Gasteiger partial charge is 0.481 e. The Hall–Kier alpha value is -3.39. The Kier molecular flexibility index (Phi) is 5.02. The molecule has 1 saturated heterocycles. The van der Waals surface area contributed by atoms with Gasteiger partial charge < -0.3 is 24.5 Å². The molecule has 4 heterocycles. The average molecular weight is 447 g/mol. The highest BCUT2D eigenvalue weighted by Crippen LogP contribution is 2.41. The van der Waals surface area contributed by atoms with Crippen molar-refractivity contribution in [2.45, 2.75) is 25.2 Å². The third kappa shape index (κ3) is 3.95. The van der Waals surface area contributed by atoms with Crippen LogP contribution >= 0.6 is 0 Å². The first-order valence-electron chi connectivity index (χ1n) is 11.5. The third-order valence-corrected chi connectivity index (χ3v) is 7.00. The average Bonchev–Trinajstić information content (AvgIpc) is 3.25. The number of carboxylic acids is 1. The molecule has 0 amide bonds. The van der Waals surface area contributed by atoms with E-state index in [9.17, 15) is 4.79 Å². The summed E-state index contributed by atoms with van der Waals surface area (Å²) in [5, 5.41) is 9.16. The molecule has 8 nitrogen and oxygen atoms in total. The van der Waals surface area contributed by atoms with Crippen molar-refractivity contribution in [1.29, 1.82) is 0 Å². The topological polar surface area (TPSA) is 101 Å². The lowest BCUT2D eigenvalue weighted by Crippen LogP contribution is -2.35. The Balaban J connectivity index is 1.23. The van der Waals surface area contributed by atoms with Gasteiger partial charge >= 0.3 is 5.97 Å². The lowest BCUT2D eigenvalue weighted by Gasteiger charge is -2.31. The van der Waals surface area contributed by atoms with Crippen LogP contribution in [0.1, 0.15) is 31.0 Å². The van der Waals surface area contributed by atoms with Crippen LogP contribution < -0.4 is 9.47 Å². The van der Waals surface area contributed by atoms with Crippen LogP contribution in [0.5, 0.6) is 11.5 Å². The van der Waals surface area contributed by atoms with E-state index >= 15 is 0 Å². The minimum Gasteiger partial charge on any atom is -0.481 e. The van der Waals surface area contributed by atoms with Crippen LogP contribution in [0, 0.1) is 11.8 Å². The second kappa shape index (κ2) is 8.19. The zero-order valence-electron chi connectivity index (χ0n) is 18.2. The number of aromatic amines is 1. The molecule has 2 aromatic heterocycles. The zero-order chi connectivity index (χ0) is 22.4. The predicted molar refractivity (Wildman–Crippen MR) is 121 cm³/mol. The fraction of sp³-hybridized carbons (Fsp3) is 0.400. The molecule has 1 aliphatic carbocycles. The Morgan fingerprint density at radius 3 is 2.76 bits per heavy atom. The van der Waals surface area contributed by atoms with Crippen LogP contribution in [-0.4, -0.2) is 57.4 Å². The molecular weight excluding hydrogens is 420 g/mol. The first-order chi connectivity index (χ1) is 16.2. The lowest BCUT2D eigenvalue weighted by molar-refractivity contribution is -0.138. The van der Waals surface area contributed by atoms with Gasteiger partial charge in [-0.25, -0.2) is 4.98 Å². The van der Waals surface area contributed by atoms with E-state index in [1.807, 2.05) is 36.4 Å². The minimum absolute atomic E-state index is 0.141. The summed E-state index contributed by atoms with van der Waals surface area (Å²) in [5.41, 5.74) is 3.60. The number of likely N-dealkylation sites (tertiary alicyclic amines) is 1. The number of fused-ring (bicyclic) bond motifs is 1. The van der Waals surface area contributed by atoms with E-state index in [0.29, 0.717) is 11.8 Å². The summed E-state index contributed by atoms with van der Waals surface area (Å²) < 4.78 is 11.0. The molecule has 1 saturated carbocycles. The van der Waals surface area contributed by atoms with Crippen molar-refractivity contribution in [3.8, 4) is 34.1 Å². The Bertz CT molecular complexity index is 1170. The molecule has 1 aromatic carbocycles. The number of aliphatic carboxylic acids is 1. The van der Waals surface area contributed by atoms with E-state index in [-0.39, 0.29) is 12.7 Å². The SMILES string of the molecule is O=C(O)C1CC1CN1CCC(c2nc(-c3ccc4c(c3)OCO4)c(-c3ccccn3)[nH]2)CC1. The number of carbonyl (C=O) groups is 1. The summed E-state index contributed by atoms with van der Waals surface area (Å²) >= 11 is 0. The molecule has 2 aliphatic heterocycles. The van der Waals surface area contributed by atoms with Crippen molar-refractivity contribution < 1.29 is 19.4 Å². The number of piperidine rings is 1. The summed E-state index contributed by atoms with van der Waals surface area (Å²) in [4.78, 5) is 26.7. The molecular formula is C25H26N4O4. The fourth-order valence-electron chi connectivity index (χ4n) is 5.01. The van der Waals surface area contributed by atoms with Gasteiger partial charge in [0.05, 0.1) is 23.0 Å². The van der Waals surface area contributed by atoms with Crippen LogP contribution in [0.2, 0.25) is 0 Å². The summed E-state index contributed by atoms with van der Waals surface area (Å²) in [5.74, 6) is 2.33. The maximum atomic E-state index is 11.1. The highest BCUT2D eigenvalue weighted by atomic mass is 16.7. The first-order valence-corrected chi connectivity index (χ1v) is 11.5. The number of hydrogen-bond acceptors (Lipinski definition) is 6. The molecule has 3 aliphatic rings. The monoisotopic (exact) mass is 446 g/mol. The lowest BCUT2D eigenvalue weighted by atomic mass is 9.96. The van der Waals surface area contributed by atoms with Gasteiger partial charge in [0.25, 0.3) is 0 Å². The summed E-state index contributed by atoms with van der Waals surface area (Å²) in [6, 6.07) is 11.8. The van der Waals surface area contributed by atoms with Gasteiger partial charge in [0.1, 0.15) is 5.82 Å². The molecule has 170 valence electrons. The molecule has 33 heavy (non-hydrogen) atoms. The number of rotatable bonds is 6. The molecule has 3 aromatic rings. The van der Waals surface area contributed by atoms with Crippen molar-refractivity contribution in [3.63, 3.8) is 0 Å². The number of nitrogens with zero attached hydrogens (tertiary/aromatic N) is 3. The van der Waals surface area contributed by atoms with Gasteiger partial charge in [0, 0.05) is 24.2 Å². The number of hydrogen-bond donors (Lipinski definition) is 2. The molecule has 2 fully saturated rings. The first kappa shape index (κ1) is 20.2. The Morgan fingerprint density at radius 1 is 1.15 bits per heavy atom. The molecule has 0 spiro atoms. The van der Waals surface area contributed by atoms with Crippen LogP contribution in [0.15, 0.2) is 42.6 Å². The van der Waals surface area contributed by atoms with Gasteiger partial charge in [-0.2, -0.15) is 0 Å². The van der Waals surface area contributed by atoms with Crippen molar-refractivity contribution in [3.05, 3.63) is 48.4 Å². The smallest absolute Gasteiger partial charge is 0.306 e. The standard InChI is InChI=1S/C25H26N4O4/c30-25(31)18-11-17(18)13-29-9-6-15(7-10-29)24-27-22(23(28-24)19-3-1-2-8-26-19)16-4-5-20-21(12-16)33-14-32-20/h1-5,8,12,15,17-18H,6-7,9-11,13-14H2,(H,27,28)(H,30,31). The second-order valence-electron chi connectivity index (χ2n) is 9.14. The van der Waals surface area contributed by atoms with E-state index in [1.165, 1.54) is 0 Å². The van der Waals surface area contributed by atoms with Crippen LogP contribution in [0.3, 0.4) is 0 Å². The number of imidazole rings is 1. The number of nitrogens with one attached hydrogen (secondary N) is 1. The number of ether oxygens (including phenoxy) is 2. The zero-order valence-corrected chi connectivity index (χ0v) is 18.2. The van der Waals surface area contributed by atoms with Gasteiger partial charge in [-0.05, 0) is 68.6 Å². The van der Waals surface area contributed by atoms with Crippen LogP contribution in [-0.2, 0) is 4.79 Å². The third-order valence-electron chi connectivity index (χ3n) is 7.00. The number of aromatic nitrogens is 3. The Labute approximate surface area is 191 Å². The quantitative estimate of drug-likeness (QED) is 0.594. The molecule has 2 unspecified atom stereocenters. The van der Waals surface area contributed by atoms with Crippen molar-refractivity contribution in [1.82, 2.24) is 19.9 Å². The highest BCUT2D eigenvalue weighted by molar-refractivity contribution is 5.78. The Morgan fingerprint density at radius 2 is 2.00 bits per heavy atom. The summed E-state index contributed by atoms with van der Waals surface area (Å²) in [6.45, 7) is 3.06. The van der Waals surface area contributed by atoms with E-state index in [0.717, 1.165) is 78.9 Å². The minimum atomic E-state index is -0.649.